The van der Waals surface area contributed by atoms with Crippen molar-refractivity contribution in [1.29, 1.82) is 0 Å². The van der Waals surface area contributed by atoms with E-state index in [9.17, 15) is 5.11 Å². The Labute approximate surface area is 123 Å². The lowest BCUT2D eigenvalue weighted by molar-refractivity contribution is 0.173. The van der Waals surface area contributed by atoms with Crippen molar-refractivity contribution in [3.63, 3.8) is 0 Å². The van der Waals surface area contributed by atoms with E-state index in [0.29, 0.717) is 6.42 Å². The summed E-state index contributed by atoms with van der Waals surface area (Å²) in [6, 6.07) is 11.4. The molecule has 0 saturated heterocycles. The van der Waals surface area contributed by atoms with E-state index in [-0.39, 0.29) is 0 Å². The third kappa shape index (κ3) is 2.90. The molecular weight excluding hydrogens is 264 g/mol. The number of rotatable bonds is 4. The molecule has 0 bridgehead atoms. The SMILES string of the molecule is CCC(O)c1cccc(Oc2ccc3nc(C)cn3c2)c1. The summed E-state index contributed by atoms with van der Waals surface area (Å²) in [6.45, 7) is 3.91. The first kappa shape index (κ1) is 13.6. The predicted octanol–water partition coefficient (Wildman–Crippen LogP) is 3.88. The molecule has 2 heterocycles. The number of aliphatic hydroxyl groups is 1. The van der Waals surface area contributed by atoms with Gasteiger partial charge in [0, 0.05) is 6.20 Å². The van der Waals surface area contributed by atoms with Crippen LogP contribution in [0.5, 0.6) is 11.5 Å². The normalized spacial score (nSPS) is 12.5. The molecule has 0 spiro atoms. The van der Waals surface area contributed by atoms with Crippen molar-refractivity contribution in [2.75, 3.05) is 0 Å². The Morgan fingerprint density at radius 3 is 2.86 bits per heavy atom. The molecule has 1 N–H and O–H groups in total. The maximum atomic E-state index is 9.90. The topological polar surface area (TPSA) is 46.8 Å². The minimum atomic E-state index is -0.452. The lowest BCUT2D eigenvalue weighted by Crippen LogP contribution is -1.95. The lowest BCUT2D eigenvalue weighted by Gasteiger charge is -2.11. The van der Waals surface area contributed by atoms with E-state index in [0.717, 1.165) is 28.4 Å². The predicted molar refractivity (Wildman–Crippen MR) is 81.7 cm³/mol. The monoisotopic (exact) mass is 282 g/mol. The Bertz CT molecular complexity index is 764. The number of imidazole rings is 1. The molecule has 1 atom stereocenters. The van der Waals surface area contributed by atoms with Crippen LogP contribution in [0.15, 0.2) is 48.8 Å². The Kier molecular flexibility index (Phi) is 3.62. The number of hydrogen-bond acceptors (Lipinski definition) is 3. The Balaban J connectivity index is 1.87. The first-order chi connectivity index (χ1) is 10.2. The van der Waals surface area contributed by atoms with Gasteiger partial charge in [0.05, 0.1) is 18.0 Å². The average molecular weight is 282 g/mol. The van der Waals surface area contributed by atoms with Gasteiger partial charge in [-0.15, -0.1) is 0 Å². The highest BCUT2D eigenvalue weighted by Crippen LogP contribution is 2.26. The molecule has 0 aliphatic rings. The van der Waals surface area contributed by atoms with Gasteiger partial charge in [0.2, 0.25) is 0 Å². The molecule has 0 aliphatic carbocycles. The molecule has 1 aromatic carbocycles. The number of nitrogens with zero attached hydrogens (tertiary/aromatic N) is 2. The molecule has 21 heavy (non-hydrogen) atoms. The molecule has 0 fully saturated rings. The number of ether oxygens (including phenoxy) is 1. The molecule has 3 aromatic rings. The van der Waals surface area contributed by atoms with E-state index in [1.165, 1.54) is 0 Å². The molecular formula is C17H18N2O2. The molecule has 2 aromatic heterocycles. The number of aryl methyl sites for hydroxylation is 1. The van der Waals surface area contributed by atoms with E-state index in [1.807, 2.05) is 67.0 Å². The summed E-state index contributed by atoms with van der Waals surface area (Å²) in [5.74, 6) is 1.46. The van der Waals surface area contributed by atoms with Gasteiger partial charge in [-0.1, -0.05) is 19.1 Å². The molecule has 0 aliphatic heterocycles. The molecule has 1 unspecified atom stereocenters. The highest BCUT2D eigenvalue weighted by molar-refractivity contribution is 5.44. The van der Waals surface area contributed by atoms with Crippen LogP contribution in [0, 0.1) is 6.92 Å². The van der Waals surface area contributed by atoms with Gasteiger partial charge >= 0.3 is 0 Å². The van der Waals surface area contributed by atoms with Crippen molar-refractivity contribution >= 4 is 5.65 Å². The second-order valence-corrected chi connectivity index (χ2v) is 5.11. The van der Waals surface area contributed by atoms with Gasteiger partial charge in [-0.3, -0.25) is 0 Å². The zero-order chi connectivity index (χ0) is 14.8. The maximum absolute atomic E-state index is 9.90. The van der Waals surface area contributed by atoms with Gasteiger partial charge in [-0.05, 0) is 43.2 Å². The van der Waals surface area contributed by atoms with Crippen molar-refractivity contribution < 1.29 is 9.84 Å². The summed E-state index contributed by atoms with van der Waals surface area (Å²) >= 11 is 0. The summed E-state index contributed by atoms with van der Waals surface area (Å²) in [7, 11) is 0. The van der Waals surface area contributed by atoms with Crippen molar-refractivity contribution in [3.05, 3.63) is 60.0 Å². The number of hydrogen-bond donors (Lipinski definition) is 1. The summed E-state index contributed by atoms with van der Waals surface area (Å²) in [6.07, 6.45) is 4.09. The molecule has 4 nitrogen and oxygen atoms in total. The molecule has 0 saturated carbocycles. The van der Waals surface area contributed by atoms with Crippen LogP contribution in [0.4, 0.5) is 0 Å². The van der Waals surface area contributed by atoms with E-state index < -0.39 is 6.10 Å². The number of aromatic nitrogens is 2. The Hall–Kier alpha value is -2.33. The third-order valence-corrected chi connectivity index (χ3v) is 3.41. The van der Waals surface area contributed by atoms with Gasteiger partial charge in [-0.2, -0.15) is 0 Å². The summed E-state index contributed by atoms with van der Waals surface area (Å²) < 4.78 is 7.81. The smallest absolute Gasteiger partial charge is 0.144 e. The summed E-state index contributed by atoms with van der Waals surface area (Å²) in [5, 5.41) is 9.90. The van der Waals surface area contributed by atoms with Crippen molar-refractivity contribution in [2.45, 2.75) is 26.4 Å². The van der Waals surface area contributed by atoms with Crippen LogP contribution in [0.2, 0.25) is 0 Å². The number of pyridine rings is 1. The minimum Gasteiger partial charge on any atom is -0.456 e. The van der Waals surface area contributed by atoms with Crippen LogP contribution in [0.25, 0.3) is 5.65 Å². The second kappa shape index (κ2) is 5.58. The Morgan fingerprint density at radius 1 is 1.19 bits per heavy atom. The number of aliphatic hydroxyl groups excluding tert-OH is 1. The van der Waals surface area contributed by atoms with Crippen LogP contribution >= 0.6 is 0 Å². The maximum Gasteiger partial charge on any atom is 0.144 e. The highest BCUT2D eigenvalue weighted by Gasteiger charge is 2.07. The quantitative estimate of drug-likeness (QED) is 0.790. The fraction of sp³-hybridized carbons (Fsp3) is 0.235. The van der Waals surface area contributed by atoms with Crippen molar-refractivity contribution in [3.8, 4) is 11.5 Å². The average Bonchev–Trinajstić information content (AvgIpc) is 2.86. The van der Waals surface area contributed by atoms with Crippen LogP contribution in [-0.4, -0.2) is 14.5 Å². The zero-order valence-corrected chi connectivity index (χ0v) is 12.2. The largest absolute Gasteiger partial charge is 0.456 e. The first-order valence-electron chi connectivity index (χ1n) is 7.07. The minimum absolute atomic E-state index is 0.452. The fourth-order valence-electron chi connectivity index (χ4n) is 2.32. The van der Waals surface area contributed by atoms with Gasteiger partial charge in [0.15, 0.2) is 0 Å². The van der Waals surface area contributed by atoms with Crippen LogP contribution in [-0.2, 0) is 0 Å². The molecule has 108 valence electrons. The van der Waals surface area contributed by atoms with Gasteiger partial charge in [-0.25, -0.2) is 4.98 Å². The van der Waals surface area contributed by atoms with Gasteiger partial charge in [0.25, 0.3) is 0 Å². The van der Waals surface area contributed by atoms with Gasteiger partial charge < -0.3 is 14.2 Å². The summed E-state index contributed by atoms with van der Waals surface area (Å²) in [4.78, 5) is 4.38. The molecule has 0 amide bonds. The lowest BCUT2D eigenvalue weighted by atomic mass is 10.1. The van der Waals surface area contributed by atoms with Crippen LogP contribution in [0.1, 0.15) is 30.7 Å². The third-order valence-electron chi connectivity index (χ3n) is 3.41. The number of benzene rings is 1. The van der Waals surface area contributed by atoms with Crippen LogP contribution in [0.3, 0.4) is 0 Å². The molecule has 4 heteroatoms. The Morgan fingerprint density at radius 2 is 2.05 bits per heavy atom. The van der Waals surface area contributed by atoms with E-state index in [4.69, 9.17) is 4.74 Å². The summed E-state index contributed by atoms with van der Waals surface area (Å²) in [5.41, 5.74) is 2.74. The zero-order valence-electron chi connectivity index (χ0n) is 12.2. The second-order valence-electron chi connectivity index (χ2n) is 5.11. The first-order valence-corrected chi connectivity index (χ1v) is 7.07. The standard InChI is InChI=1S/C17H18N2O2/c1-3-16(20)13-5-4-6-14(9-13)21-15-7-8-17-18-12(2)10-19(17)11-15/h4-11,16,20H,3H2,1-2H3. The van der Waals surface area contributed by atoms with E-state index in [2.05, 4.69) is 4.98 Å². The van der Waals surface area contributed by atoms with Gasteiger partial charge in [0.1, 0.15) is 17.1 Å². The van der Waals surface area contributed by atoms with Crippen molar-refractivity contribution in [1.82, 2.24) is 9.38 Å². The molecule has 0 radical (unpaired) electrons. The fourth-order valence-corrected chi connectivity index (χ4v) is 2.32. The number of fused-ring (bicyclic) bond motifs is 1. The van der Waals surface area contributed by atoms with E-state index >= 15 is 0 Å². The van der Waals surface area contributed by atoms with Crippen molar-refractivity contribution in [2.24, 2.45) is 0 Å². The highest BCUT2D eigenvalue weighted by atomic mass is 16.5. The van der Waals surface area contributed by atoms with E-state index in [1.54, 1.807) is 0 Å². The molecule has 3 rings (SSSR count). The van der Waals surface area contributed by atoms with Crippen LogP contribution < -0.4 is 4.74 Å².